The van der Waals surface area contributed by atoms with Gasteiger partial charge in [-0.25, -0.2) is 0 Å². The zero-order valence-electron chi connectivity index (χ0n) is 9.89. The number of hydrogen-bond donors (Lipinski definition) is 2. The predicted octanol–water partition coefficient (Wildman–Crippen LogP) is 2.59. The molecule has 1 saturated heterocycles. The van der Waals surface area contributed by atoms with Crippen molar-refractivity contribution in [1.29, 1.82) is 0 Å². The molecule has 2 rings (SSSR count). The fraction of sp³-hybridized carbons (Fsp3) is 0.538. The van der Waals surface area contributed by atoms with Crippen LogP contribution in [0.4, 0.5) is 0 Å². The van der Waals surface area contributed by atoms with Crippen molar-refractivity contribution in [2.45, 2.75) is 32.0 Å². The Labute approximate surface area is 114 Å². The molecule has 0 aliphatic carbocycles. The Morgan fingerprint density at radius 2 is 1.94 bits per heavy atom. The first kappa shape index (κ1) is 14.8. The number of aliphatic hydroxyl groups is 1. The van der Waals surface area contributed by atoms with Gasteiger partial charge in [-0.3, -0.25) is 0 Å². The fourth-order valence-corrected chi connectivity index (χ4v) is 3.11. The molecule has 1 fully saturated rings. The lowest BCUT2D eigenvalue weighted by Crippen LogP contribution is -2.32. The second kappa shape index (κ2) is 7.98. The van der Waals surface area contributed by atoms with Gasteiger partial charge in [0.25, 0.3) is 0 Å². The maximum atomic E-state index is 9.06. The summed E-state index contributed by atoms with van der Waals surface area (Å²) in [6.45, 7) is 1.05. The molecular formula is C13H20ClNOS. The van der Waals surface area contributed by atoms with Gasteiger partial charge >= 0.3 is 0 Å². The van der Waals surface area contributed by atoms with Gasteiger partial charge in [0.15, 0.2) is 0 Å². The minimum Gasteiger partial charge on any atom is -0.392 e. The summed E-state index contributed by atoms with van der Waals surface area (Å²) < 4.78 is 0. The molecule has 0 unspecified atom stereocenters. The van der Waals surface area contributed by atoms with Crippen LogP contribution in [0.1, 0.15) is 24.0 Å². The molecular weight excluding hydrogens is 254 g/mol. The summed E-state index contributed by atoms with van der Waals surface area (Å²) in [4.78, 5) is 0. The van der Waals surface area contributed by atoms with E-state index in [1.165, 1.54) is 29.9 Å². The van der Waals surface area contributed by atoms with E-state index in [9.17, 15) is 0 Å². The van der Waals surface area contributed by atoms with Crippen molar-refractivity contribution < 1.29 is 5.11 Å². The zero-order chi connectivity index (χ0) is 11.2. The van der Waals surface area contributed by atoms with Crippen LogP contribution in [0, 0.1) is 0 Å². The lowest BCUT2D eigenvalue weighted by Gasteiger charge is -2.22. The highest BCUT2D eigenvalue weighted by molar-refractivity contribution is 7.99. The third-order valence-corrected chi connectivity index (χ3v) is 4.04. The summed E-state index contributed by atoms with van der Waals surface area (Å²) in [5, 5.41) is 12.7. The summed E-state index contributed by atoms with van der Waals surface area (Å²) in [7, 11) is 0. The third-order valence-electron chi connectivity index (χ3n) is 2.99. The summed E-state index contributed by atoms with van der Waals surface area (Å²) >= 11 is 2.05. The first-order valence-electron chi connectivity index (χ1n) is 5.88. The lowest BCUT2D eigenvalue weighted by atomic mass is 10.1. The van der Waals surface area contributed by atoms with Crippen LogP contribution in [0.15, 0.2) is 24.3 Å². The molecule has 4 heteroatoms. The highest BCUT2D eigenvalue weighted by Crippen LogP contribution is 2.17. The Hall–Kier alpha value is -0.220. The van der Waals surface area contributed by atoms with E-state index < -0.39 is 0 Å². The van der Waals surface area contributed by atoms with E-state index >= 15 is 0 Å². The smallest absolute Gasteiger partial charge is 0.0681 e. The van der Waals surface area contributed by atoms with Gasteiger partial charge in [-0.1, -0.05) is 24.3 Å². The molecule has 0 aromatic heterocycles. The molecule has 1 aromatic rings. The maximum Gasteiger partial charge on any atom is 0.0681 e. The van der Waals surface area contributed by atoms with E-state index in [0.29, 0.717) is 6.04 Å². The predicted molar refractivity (Wildman–Crippen MR) is 76.8 cm³/mol. The van der Waals surface area contributed by atoms with Crippen molar-refractivity contribution in [3.05, 3.63) is 35.4 Å². The maximum absolute atomic E-state index is 9.06. The molecule has 0 spiro atoms. The third kappa shape index (κ3) is 4.88. The first-order valence-corrected chi connectivity index (χ1v) is 7.04. The van der Waals surface area contributed by atoms with Crippen LogP contribution in [0.25, 0.3) is 0 Å². The van der Waals surface area contributed by atoms with E-state index in [4.69, 9.17) is 5.11 Å². The Balaban J connectivity index is 0.00000144. The normalized spacial score (nSPS) is 16.5. The molecule has 2 nitrogen and oxygen atoms in total. The summed E-state index contributed by atoms with van der Waals surface area (Å²) in [5.41, 5.74) is 2.27. The molecule has 0 saturated carbocycles. The van der Waals surface area contributed by atoms with Crippen molar-refractivity contribution in [3.63, 3.8) is 0 Å². The van der Waals surface area contributed by atoms with Crippen molar-refractivity contribution in [2.75, 3.05) is 11.5 Å². The van der Waals surface area contributed by atoms with Crippen LogP contribution in [0.3, 0.4) is 0 Å². The Morgan fingerprint density at radius 3 is 2.65 bits per heavy atom. The Kier molecular flexibility index (Phi) is 6.97. The van der Waals surface area contributed by atoms with Crippen LogP contribution in [-0.4, -0.2) is 22.7 Å². The van der Waals surface area contributed by atoms with Crippen LogP contribution in [0.5, 0.6) is 0 Å². The Bertz CT molecular complexity index is 329. The molecule has 1 aliphatic rings. The van der Waals surface area contributed by atoms with E-state index in [2.05, 4.69) is 29.2 Å². The number of benzene rings is 1. The van der Waals surface area contributed by atoms with Gasteiger partial charge in [-0.15, -0.1) is 12.4 Å². The molecule has 0 radical (unpaired) electrons. The van der Waals surface area contributed by atoms with Gasteiger partial charge in [0.1, 0.15) is 0 Å². The minimum absolute atomic E-state index is 0. The van der Waals surface area contributed by atoms with E-state index in [1.807, 2.05) is 12.1 Å². The molecule has 1 aromatic carbocycles. The lowest BCUT2D eigenvalue weighted by molar-refractivity contribution is 0.281. The van der Waals surface area contributed by atoms with Crippen LogP contribution in [-0.2, 0) is 13.2 Å². The van der Waals surface area contributed by atoms with E-state index in [0.717, 1.165) is 12.1 Å². The number of rotatable bonds is 4. The molecule has 0 amide bonds. The van der Waals surface area contributed by atoms with Gasteiger partial charge in [-0.05, 0) is 35.5 Å². The van der Waals surface area contributed by atoms with Gasteiger partial charge < -0.3 is 10.4 Å². The topological polar surface area (TPSA) is 32.3 Å². The van der Waals surface area contributed by atoms with Crippen LogP contribution < -0.4 is 5.32 Å². The van der Waals surface area contributed by atoms with Gasteiger partial charge in [0, 0.05) is 12.6 Å². The molecule has 1 heterocycles. The van der Waals surface area contributed by atoms with Crippen LogP contribution >= 0.6 is 24.2 Å². The first-order chi connectivity index (χ1) is 7.88. The van der Waals surface area contributed by atoms with Gasteiger partial charge in [-0.2, -0.15) is 11.8 Å². The number of nitrogens with one attached hydrogen (secondary N) is 1. The van der Waals surface area contributed by atoms with Crippen molar-refractivity contribution in [2.24, 2.45) is 0 Å². The van der Waals surface area contributed by atoms with E-state index in [1.54, 1.807) is 0 Å². The van der Waals surface area contributed by atoms with Crippen molar-refractivity contribution in [3.8, 4) is 0 Å². The SMILES string of the molecule is Cl.OCc1cccc(CNC2CCSCC2)c1. The van der Waals surface area contributed by atoms with Crippen LogP contribution in [0.2, 0.25) is 0 Å². The zero-order valence-corrected chi connectivity index (χ0v) is 11.5. The molecule has 0 atom stereocenters. The standard InChI is InChI=1S/C13H19NOS.ClH/c15-10-12-3-1-2-11(8-12)9-14-13-4-6-16-7-5-13;/h1-3,8,13-15H,4-7,9-10H2;1H. The number of thioether (sulfide) groups is 1. The number of halogens is 1. The van der Waals surface area contributed by atoms with Crippen molar-refractivity contribution in [1.82, 2.24) is 5.32 Å². The van der Waals surface area contributed by atoms with Gasteiger partial charge in [0.05, 0.1) is 6.61 Å². The van der Waals surface area contributed by atoms with E-state index in [-0.39, 0.29) is 19.0 Å². The highest BCUT2D eigenvalue weighted by Gasteiger charge is 2.12. The second-order valence-electron chi connectivity index (χ2n) is 4.25. The molecule has 2 N–H and O–H groups in total. The quantitative estimate of drug-likeness (QED) is 0.885. The number of hydrogen-bond acceptors (Lipinski definition) is 3. The number of aliphatic hydroxyl groups excluding tert-OH is 1. The average molecular weight is 274 g/mol. The summed E-state index contributed by atoms with van der Waals surface area (Å²) in [6.07, 6.45) is 2.56. The summed E-state index contributed by atoms with van der Waals surface area (Å²) in [5.74, 6) is 2.57. The molecule has 0 bridgehead atoms. The average Bonchev–Trinajstić information content (AvgIpc) is 2.38. The highest BCUT2D eigenvalue weighted by atomic mass is 35.5. The fourth-order valence-electron chi connectivity index (χ4n) is 2.00. The van der Waals surface area contributed by atoms with Crippen molar-refractivity contribution >= 4 is 24.2 Å². The second-order valence-corrected chi connectivity index (χ2v) is 5.47. The summed E-state index contributed by atoms with van der Waals surface area (Å²) in [6, 6.07) is 8.84. The van der Waals surface area contributed by atoms with Gasteiger partial charge in [0.2, 0.25) is 0 Å². The minimum atomic E-state index is 0. The monoisotopic (exact) mass is 273 g/mol. The molecule has 1 aliphatic heterocycles. The molecule has 17 heavy (non-hydrogen) atoms. The largest absolute Gasteiger partial charge is 0.392 e. The Morgan fingerprint density at radius 1 is 1.24 bits per heavy atom. The molecule has 96 valence electrons.